The largest absolute Gasteiger partial charge is 0.493 e. The average Bonchev–Trinajstić information content (AvgIpc) is 3.01. The smallest absolute Gasteiger partial charge is 0.165 e. The summed E-state index contributed by atoms with van der Waals surface area (Å²) in [6.45, 7) is 3.13. The number of nitrogens with one attached hydrogen (secondary N) is 1. The molecule has 0 aliphatic heterocycles. The van der Waals surface area contributed by atoms with Gasteiger partial charge < -0.3 is 14.8 Å². The topological polar surface area (TPSA) is 30.5 Å². The van der Waals surface area contributed by atoms with Crippen LogP contribution < -0.4 is 14.8 Å². The molecule has 1 heterocycles. The van der Waals surface area contributed by atoms with Gasteiger partial charge in [0.1, 0.15) is 0 Å². The molecule has 2 rings (SSSR count). The van der Waals surface area contributed by atoms with Gasteiger partial charge in [-0.25, -0.2) is 0 Å². The summed E-state index contributed by atoms with van der Waals surface area (Å²) in [7, 11) is 3.35. The summed E-state index contributed by atoms with van der Waals surface area (Å²) < 4.78 is 11.0. The molecule has 3 nitrogen and oxygen atoms in total. The molecule has 1 aromatic heterocycles. The van der Waals surface area contributed by atoms with E-state index in [0.29, 0.717) is 0 Å². The van der Waals surface area contributed by atoms with Crippen LogP contribution in [0.2, 0.25) is 0 Å². The van der Waals surface area contributed by atoms with Crippen LogP contribution >= 0.6 is 11.3 Å². The van der Waals surface area contributed by atoms with Crippen molar-refractivity contribution in [2.75, 3.05) is 20.8 Å². The molecule has 1 N–H and O–H groups in total. The molecule has 1 aromatic carbocycles. The summed E-state index contributed by atoms with van der Waals surface area (Å²) in [5.41, 5.74) is 2.37. The van der Waals surface area contributed by atoms with E-state index in [2.05, 4.69) is 35.1 Å². The van der Waals surface area contributed by atoms with Gasteiger partial charge >= 0.3 is 0 Å². The Balaban J connectivity index is 2.43. The minimum atomic E-state index is 0.131. The number of hydrogen-bond acceptors (Lipinski definition) is 4. The van der Waals surface area contributed by atoms with Gasteiger partial charge in [-0.15, -0.1) is 0 Å². The van der Waals surface area contributed by atoms with E-state index in [4.69, 9.17) is 9.47 Å². The fourth-order valence-corrected chi connectivity index (χ4v) is 2.96. The molecule has 0 bridgehead atoms. The van der Waals surface area contributed by atoms with Gasteiger partial charge in [0.15, 0.2) is 11.5 Å². The van der Waals surface area contributed by atoms with Gasteiger partial charge in [0.05, 0.1) is 20.3 Å². The molecule has 0 spiro atoms. The molecule has 2 aromatic rings. The highest BCUT2D eigenvalue weighted by atomic mass is 32.1. The van der Waals surface area contributed by atoms with Gasteiger partial charge in [-0.1, -0.05) is 19.1 Å². The average molecular weight is 291 g/mol. The van der Waals surface area contributed by atoms with Crippen LogP contribution in [0, 0.1) is 0 Å². The van der Waals surface area contributed by atoms with Crippen molar-refractivity contribution in [1.82, 2.24) is 5.32 Å². The number of para-hydroxylation sites is 1. The lowest BCUT2D eigenvalue weighted by molar-refractivity contribution is 0.348. The molecule has 4 heteroatoms. The summed E-state index contributed by atoms with van der Waals surface area (Å²) in [6.07, 6.45) is 1.09. The Labute approximate surface area is 124 Å². The molecule has 1 unspecified atom stereocenters. The lowest BCUT2D eigenvalue weighted by atomic mass is 9.99. The Bertz CT molecular complexity index is 525. The number of methoxy groups -OCH3 is 2. The van der Waals surface area contributed by atoms with Gasteiger partial charge in [-0.3, -0.25) is 0 Å². The monoisotopic (exact) mass is 291 g/mol. The second kappa shape index (κ2) is 7.31. The predicted molar refractivity (Wildman–Crippen MR) is 84.0 cm³/mol. The van der Waals surface area contributed by atoms with Crippen LogP contribution in [0.5, 0.6) is 11.5 Å². The number of ether oxygens (including phenoxy) is 2. The second-order valence-electron chi connectivity index (χ2n) is 4.53. The Hall–Kier alpha value is -1.52. The molecule has 0 amide bonds. The zero-order valence-corrected chi connectivity index (χ0v) is 13.0. The molecule has 0 fully saturated rings. The Morgan fingerprint density at radius 1 is 1.20 bits per heavy atom. The van der Waals surface area contributed by atoms with Crippen LogP contribution in [0.4, 0.5) is 0 Å². The molecule has 1 atom stereocenters. The lowest BCUT2D eigenvalue weighted by Gasteiger charge is -2.22. The number of hydrogen-bond donors (Lipinski definition) is 1. The summed E-state index contributed by atoms with van der Waals surface area (Å²) in [4.78, 5) is 0. The van der Waals surface area contributed by atoms with Crippen LogP contribution in [0.3, 0.4) is 0 Å². The molecule has 108 valence electrons. The third-order valence-electron chi connectivity index (χ3n) is 3.22. The lowest BCUT2D eigenvalue weighted by Crippen LogP contribution is -2.23. The quantitative estimate of drug-likeness (QED) is 0.840. The van der Waals surface area contributed by atoms with E-state index in [9.17, 15) is 0 Å². The zero-order valence-electron chi connectivity index (χ0n) is 12.2. The van der Waals surface area contributed by atoms with E-state index in [1.807, 2.05) is 12.1 Å². The number of rotatable bonds is 7. The van der Waals surface area contributed by atoms with Crippen molar-refractivity contribution in [3.05, 3.63) is 46.2 Å². The molecule has 0 aliphatic rings. The molecule has 0 radical (unpaired) electrons. The van der Waals surface area contributed by atoms with Crippen molar-refractivity contribution in [3.8, 4) is 11.5 Å². The molecule has 20 heavy (non-hydrogen) atoms. The first-order valence-corrected chi connectivity index (χ1v) is 7.72. The Morgan fingerprint density at radius 3 is 2.65 bits per heavy atom. The molecule has 0 saturated heterocycles. The van der Waals surface area contributed by atoms with Gasteiger partial charge in [-0.05, 0) is 41.4 Å². The Morgan fingerprint density at radius 2 is 2.05 bits per heavy atom. The van der Waals surface area contributed by atoms with Crippen LogP contribution in [0.1, 0.15) is 30.5 Å². The van der Waals surface area contributed by atoms with Gasteiger partial charge in [0.2, 0.25) is 0 Å². The maximum absolute atomic E-state index is 5.56. The molecule has 0 aliphatic carbocycles. The fraction of sp³-hybridized carbons (Fsp3) is 0.375. The first kappa shape index (κ1) is 14.9. The van der Waals surface area contributed by atoms with E-state index in [1.165, 1.54) is 5.56 Å². The minimum Gasteiger partial charge on any atom is -0.493 e. The van der Waals surface area contributed by atoms with E-state index in [-0.39, 0.29) is 6.04 Å². The van der Waals surface area contributed by atoms with Crippen molar-refractivity contribution < 1.29 is 9.47 Å². The first-order chi connectivity index (χ1) is 9.81. The summed E-state index contributed by atoms with van der Waals surface area (Å²) in [6, 6.07) is 8.30. The third kappa shape index (κ3) is 3.14. The van der Waals surface area contributed by atoms with E-state index in [0.717, 1.165) is 30.0 Å². The van der Waals surface area contributed by atoms with Crippen molar-refractivity contribution in [1.29, 1.82) is 0 Å². The van der Waals surface area contributed by atoms with E-state index in [1.54, 1.807) is 25.6 Å². The van der Waals surface area contributed by atoms with Crippen molar-refractivity contribution in [2.45, 2.75) is 19.4 Å². The SMILES string of the molecule is CCCNC(c1ccsc1)c1cccc(OC)c1OC. The summed E-state index contributed by atoms with van der Waals surface area (Å²) in [5.74, 6) is 1.57. The van der Waals surface area contributed by atoms with Crippen molar-refractivity contribution in [2.24, 2.45) is 0 Å². The van der Waals surface area contributed by atoms with Crippen molar-refractivity contribution in [3.63, 3.8) is 0 Å². The highest BCUT2D eigenvalue weighted by Gasteiger charge is 2.20. The third-order valence-corrected chi connectivity index (χ3v) is 3.92. The second-order valence-corrected chi connectivity index (χ2v) is 5.31. The van der Waals surface area contributed by atoms with Crippen LogP contribution in [-0.4, -0.2) is 20.8 Å². The zero-order chi connectivity index (χ0) is 14.4. The van der Waals surface area contributed by atoms with Gasteiger partial charge in [0, 0.05) is 5.56 Å². The maximum Gasteiger partial charge on any atom is 0.165 e. The summed E-state index contributed by atoms with van der Waals surface area (Å²) >= 11 is 1.71. The number of benzene rings is 1. The van der Waals surface area contributed by atoms with Gasteiger partial charge in [-0.2, -0.15) is 11.3 Å². The van der Waals surface area contributed by atoms with Crippen LogP contribution in [-0.2, 0) is 0 Å². The normalized spacial score (nSPS) is 12.2. The van der Waals surface area contributed by atoms with E-state index < -0.39 is 0 Å². The number of thiophene rings is 1. The fourth-order valence-electron chi connectivity index (χ4n) is 2.27. The maximum atomic E-state index is 5.56. The summed E-state index contributed by atoms with van der Waals surface area (Å²) in [5, 5.41) is 7.86. The van der Waals surface area contributed by atoms with Crippen LogP contribution in [0.15, 0.2) is 35.0 Å². The first-order valence-electron chi connectivity index (χ1n) is 6.78. The van der Waals surface area contributed by atoms with Crippen LogP contribution in [0.25, 0.3) is 0 Å². The standard InChI is InChI=1S/C16H21NO2S/c1-4-9-17-15(12-8-10-20-11-12)13-6-5-7-14(18-2)16(13)19-3/h5-8,10-11,15,17H,4,9H2,1-3H3. The predicted octanol–water partition coefficient (Wildman–Crippen LogP) is 3.85. The highest BCUT2D eigenvalue weighted by molar-refractivity contribution is 7.08. The molecular formula is C16H21NO2S. The molecule has 0 saturated carbocycles. The highest BCUT2D eigenvalue weighted by Crippen LogP contribution is 2.37. The van der Waals surface area contributed by atoms with E-state index >= 15 is 0 Å². The molecular weight excluding hydrogens is 270 g/mol. The van der Waals surface area contributed by atoms with Crippen molar-refractivity contribution >= 4 is 11.3 Å². The van der Waals surface area contributed by atoms with Gasteiger partial charge in [0.25, 0.3) is 0 Å². The minimum absolute atomic E-state index is 0.131. The Kier molecular flexibility index (Phi) is 5.44.